The molecule has 0 saturated carbocycles. The van der Waals surface area contributed by atoms with Crippen LogP contribution in [0.15, 0.2) is 0 Å². The van der Waals surface area contributed by atoms with Gasteiger partial charge in [-0.2, -0.15) is 5.10 Å². The summed E-state index contributed by atoms with van der Waals surface area (Å²) in [6.07, 6.45) is 0.983. The Morgan fingerprint density at radius 2 is 1.92 bits per heavy atom. The summed E-state index contributed by atoms with van der Waals surface area (Å²) in [5, 5.41) is 7.07. The molecule has 3 amide bonds. The number of aromatic amines is 1. The summed E-state index contributed by atoms with van der Waals surface area (Å²) in [6.45, 7) is 6.41. The molecule has 2 heterocycles. The van der Waals surface area contributed by atoms with Crippen molar-refractivity contribution in [3.8, 4) is 0 Å². The molecule has 2 rings (SSSR count). The zero-order valence-electron chi connectivity index (χ0n) is 15.6. The van der Waals surface area contributed by atoms with Gasteiger partial charge in [-0.3, -0.25) is 19.5 Å². The highest BCUT2D eigenvalue weighted by Crippen LogP contribution is 2.16. The largest absolute Gasteiger partial charge is 0.347 e. The highest BCUT2D eigenvalue weighted by molar-refractivity contribution is 5.88. The van der Waals surface area contributed by atoms with Gasteiger partial charge in [0.05, 0.1) is 12.2 Å². The SMILES string of the molecule is CC(=O)N1CCN(C(=O)CCc2c(C)n[nH]c2C)CC1C(=O)N(C)C. The first-order valence-corrected chi connectivity index (χ1v) is 8.49. The Morgan fingerprint density at radius 1 is 1.24 bits per heavy atom. The number of carbonyl (C=O) groups is 3. The Bertz CT molecular complexity index is 648. The molecule has 138 valence electrons. The second-order valence-corrected chi connectivity index (χ2v) is 6.71. The van der Waals surface area contributed by atoms with Crippen LogP contribution >= 0.6 is 0 Å². The van der Waals surface area contributed by atoms with Crippen LogP contribution in [0.5, 0.6) is 0 Å². The van der Waals surface area contributed by atoms with Gasteiger partial charge < -0.3 is 14.7 Å². The van der Waals surface area contributed by atoms with Crippen LogP contribution < -0.4 is 0 Å². The lowest BCUT2D eigenvalue weighted by Crippen LogP contribution is -2.61. The van der Waals surface area contributed by atoms with Gasteiger partial charge in [0.15, 0.2) is 0 Å². The number of hydrogen-bond acceptors (Lipinski definition) is 4. The van der Waals surface area contributed by atoms with E-state index in [1.807, 2.05) is 13.8 Å². The minimum absolute atomic E-state index is 0.000224. The van der Waals surface area contributed by atoms with E-state index in [0.29, 0.717) is 25.9 Å². The molecule has 1 aromatic rings. The molecular weight excluding hydrogens is 322 g/mol. The summed E-state index contributed by atoms with van der Waals surface area (Å²) in [5.74, 6) is -0.300. The Morgan fingerprint density at radius 3 is 2.44 bits per heavy atom. The van der Waals surface area contributed by atoms with Gasteiger partial charge in [-0.15, -0.1) is 0 Å². The molecule has 0 aliphatic carbocycles. The molecular formula is C17H27N5O3. The first kappa shape index (κ1) is 19.0. The number of rotatable bonds is 4. The van der Waals surface area contributed by atoms with E-state index in [-0.39, 0.29) is 24.3 Å². The molecule has 8 heteroatoms. The number of likely N-dealkylation sites (N-methyl/N-ethyl adjacent to an activating group) is 1. The molecule has 0 spiro atoms. The maximum Gasteiger partial charge on any atom is 0.246 e. The van der Waals surface area contributed by atoms with Crippen LogP contribution in [-0.2, 0) is 20.8 Å². The third-order valence-corrected chi connectivity index (χ3v) is 4.73. The third kappa shape index (κ3) is 4.18. The lowest BCUT2D eigenvalue weighted by molar-refractivity contribution is -0.150. The zero-order valence-corrected chi connectivity index (χ0v) is 15.6. The number of nitrogens with zero attached hydrogens (tertiary/aromatic N) is 4. The average Bonchev–Trinajstić information content (AvgIpc) is 2.89. The number of aryl methyl sites for hydroxylation is 2. The van der Waals surface area contributed by atoms with Gasteiger partial charge >= 0.3 is 0 Å². The number of amides is 3. The van der Waals surface area contributed by atoms with E-state index in [2.05, 4.69) is 10.2 Å². The maximum absolute atomic E-state index is 12.6. The van der Waals surface area contributed by atoms with Gasteiger partial charge in [-0.25, -0.2) is 0 Å². The fraction of sp³-hybridized carbons (Fsp3) is 0.647. The van der Waals surface area contributed by atoms with Crippen LogP contribution in [-0.4, -0.2) is 82.4 Å². The van der Waals surface area contributed by atoms with Crippen molar-refractivity contribution in [2.24, 2.45) is 0 Å². The second kappa shape index (κ2) is 7.67. The number of nitrogens with one attached hydrogen (secondary N) is 1. The van der Waals surface area contributed by atoms with Crippen molar-refractivity contribution < 1.29 is 14.4 Å². The van der Waals surface area contributed by atoms with Gasteiger partial charge in [0, 0.05) is 46.2 Å². The van der Waals surface area contributed by atoms with Crippen LogP contribution in [0.2, 0.25) is 0 Å². The van der Waals surface area contributed by atoms with E-state index in [1.165, 1.54) is 11.8 Å². The van der Waals surface area contributed by atoms with Crippen molar-refractivity contribution in [3.63, 3.8) is 0 Å². The molecule has 1 N–H and O–H groups in total. The van der Waals surface area contributed by atoms with Crippen molar-refractivity contribution in [3.05, 3.63) is 17.0 Å². The van der Waals surface area contributed by atoms with Crippen LogP contribution in [0.4, 0.5) is 0 Å². The van der Waals surface area contributed by atoms with Crippen molar-refractivity contribution >= 4 is 17.7 Å². The molecule has 1 aromatic heterocycles. The van der Waals surface area contributed by atoms with Gasteiger partial charge in [-0.1, -0.05) is 0 Å². The summed E-state index contributed by atoms with van der Waals surface area (Å²) in [6, 6.07) is -0.609. The van der Waals surface area contributed by atoms with E-state index in [4.69, 9.17) is 0 Å². The Kier molecular flexibility index (Phi) is 5.81. The second-order valence-electron chi connectivity index (χ2n) is 6.71. The summed E-state index contributed by atoms with van der Waals surface area (Å²) in [5.41, 5.74) is 2.95. The number of hydrogen-bond donors (Lipinski definition) is 1. The van der Waals surface area contributed by atoms with Crippen LogP contribution in [0.25, 0.3) is 0 Å². The smallest absolute Gasteiger partial charge is 0.246 e. The molecule has 1 saturated heterocycles. The molecule has 1 fully saturated rings. The molecule has 1 atom stereocenters. The van der Waals surface area contributed by atoms with E-state index in [0.717, 1.165) is 17.0 Å². The lowest BCUT2D eigenvalue weighted by atomic mass is 10.1. The predicted molar refractivity (Wildman–Crippen MR) is 92.8 cm³/mol. The topological polar surface area (TPSA) is 89.6 Å². The molecule has 0 bridgehead atoms. The van der Waals surface area contributed by atoms with E-state index < -0.39 is 6.04 Å². The van der Waals surface area contributed by atoms with Crippen LogP contribution in [0, 0.1) is 13.8 Å². The number of aromatic nitrogens is 2. The molecule has 1 unspecified atom stereocenters. The summed E-state index contributed by atoms with van der Waals surface area (Å²) < 4.78 is 0. The molecule has 0 aromatic carbocycles. The highest BCUT2D eigenvalue weighted by atomic mass is 16.2. The normalized spacial score (nSPS) is 17.6. The van der Waals surface area contributed by atoms with E-state index in [1.54, 1.807) is 23.9 Å². The fourth-order valence-corrected chi connectivity index (χ4v) is 3.23. The van der Waals surface area contributed by atoms with E-state index >= 15 is 0 Å². The Labute approximate surface area is 148 Å². The monoisotopic (exact) mass is 349 g/mol. The number of H-pyrrole nitrogens is 1. The van der Waals surface area contributed by atoms with Gasteiger partial charge in [-0.05, 0) is 25.8 Å². The maximum atomic E-state index is 12.6. The summed E-state index contributed by atoms with van der Waals surface area (Å²) in [4.78, 5) is 41.5. The standard InChI is InChI=1S/C17H27N5O3/c1-11-14(12(2)19-18-11)6-7-16(24)21-8-9-22(13(3)23)15(10-21)17(25)20(4)5/h15H,6-10H2,1-5H3,(H,18,19). The fourth-order valence-electron chi connectivity index (χ4n) is 3.23. The quantitative estimate of drug-likeness (QED) is 0.835. The highest BCUT2D eigenvalue weighted by Gasteiger charge is 2.36. The minimum atomic E-state index is -0.609. The van der Waals surface area contributed by atoms with E-state index in [9.17, 15) is 14.4 Å². The number of carbonyl (C=O) groups excluding carboxylic acids is 3. The molecule has 0 radical (unpaired) electrons. The first-order chi connectivity index (χ1) is 11.7. The Balaban J connectivity index is 2.03. The molecule has 8 nitrogen and oxygen atoms in total. The van der Waals surface area contributed by atoms with Gasteiger partial charge in [0.1, 0.15) is 6.04 Å². The molecule has 1 aliphatic heterocycles. The third-order valence-electron chi connectivity index (χ3n) is 4.73. The van der Waals surface area contributed by atoms with Crippen LogP contribution in [0.1, 0.15) is 30.3 Å². The lowest BCUT2D eigenvalue weighted by Gasteiger charge is -2.41. The van der Waals surface area contributed by atoms with Gasteiger partial charge in [0.25, 0.3) is 0 Å². The van der Waals surface area contributed by atoms with Crippen molar-refractivity contribution in [2.45, 2.75) is 39.7 Å². The van der Waals surface area contributed by atoms with Crippen molar-refractivity contribution in [2.75, 3.05) is 33.7 Å². The Hall–Kier alpha value is -2.38. The summed E-state index contributed by atoms with van der Waals surface area (Å²) in [7, 11) is 3.32. The summed E-state index contributed by atoms with van der Waals surface area (Å²) >= 11 is 0. The minimum Gasteiger partial charge on any atom is -0.347 e. The van der Waals surface area contributed by atoms with Crippen molar-refractivity contribution in [1.82, 2.24) is 24.9 Å². The number of piperazine rings is 1. The van der Waals surface area contributed by atoms with Gasteiger partial charge in [0.2, 0.25) is 17.7 Å². The van der Waals surface area contributed by atoms with Crippen molar-refractivity contribution in [1.29, 1.82) is 0 Å². The van der Waals surface area contributed by atoms with Crippen LogP contribution in [0.3, 0.4) is 0 Å². The first-order valence-electron chi connectivity index (χ1n) is 8.49. The zero-order chi connectivity index (χ0) is 18.7. The predicted octanol–water partition coefficient (Wildman–Crippen LogP) is 0.107. The molecule has 25 heavy (non-hydrogen) atoms. The molecule has 1 aliphatic rings. The average molecular weight is 349 g/mol.